The molecule has 0 bridgehead atoms. The van der Waals surface area contributed by atoms with Crippen molar-refractivity contribution in [1.29, 1.82) is 0 Å². The average Bonchev–Trinajstić information content (AvgIpc) is 2.86. The molecule has 2 aliphatic rings. The normalized spacial score (nSPS) is 21.1. The smallest absolute Gasteiger partial charge is 0.210 e. The molecule has 0 unspecified atom stereocenters. The molecule has 0 aliphatic carbocycles. The first-order chi connectivity index (χ1) is 12.4. The van der Waals surface area contributed by atoms with Crippen LogP contribution in [0.15, 0.2) is 40.1 Å². The van der Waals surface area contributed by atoms with Gasteiger partial charge in [0, 0.05) is 22.7 Å². The quantitative estimate of drug-likeness (QED) is 0.652. The Morgan fingerprint density at radius 1 is 1.04 bits per heavy atom. The van der Waals surface area contributed by atoms with Gasteiger partial charge in [-0.1, -0.05) is 23.2 Å². The predicted octanol–water partition coefficient (Wildman–Crippen LogP) is 4.40. The van der Waals surface area contributed by atoms with Crippen LogP contribution in [0.1, 0.15) is 19.3 Å². The number of nitrogens with one attached hydrogen (secondary N) is 2. The molecule has 138 valence electrons. The van der Waals surface area contributed by atoms with E-state index in [0.717, 1.165) is 32.4 Å². The first kappa shape index (κ1) is 17.9. The molecule has 8 heteroatoms. The van der Waals surface area contributed by atoms with E-state index in [-0.39, 0.29) is 15.9 Å². The summed E-state index contributed by atoms with van der Waals surface area (Å²) in [6.07, 6.45) is 3.05. The number of halogens is 2. The molecule has 1 fully saturated rings. The molecule has 0 saturated carbocycles. The standard InChI is InChI=1S/C18H18Cl2N2O3S/c19-11-4-5-14-16(8-11)26(23,24)17-9-12(20)7-15(18(17)22-14)25-13-3-1-2-6-21-10-13/h4-5,7-9,13,21-22H,1-3,6,10H2/t13-/m1/s1. The molecule has 0 amide bonds. The van der Waals surface area contributed by atoms with Crippen LogP contribution in [0.3, 0.4) is 0 Å². The second-order valence-electron chi connectivity index (χ2n) is 6.49. The molecular weight excluding hydrogens is 395 g/mol. The number of hydrogen-bond acceptors (Lipinski definition) is 5. The van der Waals surface area contributed by atoms with Crippen LogP contribution in [0, 0.1) is 0 Å². The second kappa shape index (κ2) is 6.93. The zero-order valence-corrected chi connectivity index (χ0v) is 16.2. The Hall–Kier alpha value is -1.47. The number of ether oxygens (including phenoxy) is 1. The second-order valence-corrected chi connectivity index (χ2v) is 9.25. The van der Waals surface area contributed by atoms with Crippen molar-refractivity contribution in [3.05, 3.63) is 40.4 Å². The molecule has 26 heavy (non-hydrogen) atoms. The summed E-state index contributed by atoms with van der Waals surface area (Å²) in [4.78, 5) is 0.248. The monoisotopic (exact) mass is 412 g/mol. The van der Waals surface area contributed by atoms with Gasteiger partial charge in [0.1, 0.15) is 22.4 Å². The van der Waals surface area contributed by atoms with Crippen LogP contribution in [0.25, 0.3) is 0 Å². The predicted molar refractivity (Wildman–Crippen MR) is 103 cm³/mol. The molecule has 2 heterocycles. The summed E-state index contributed by atoms with van der Waals surface area (Å²) in [5, 5.41) is 7.20. The van der Waals surface area contributed by atoms with Gasteiger partial charge in [0.05, 0.1) is 10.6 Å². The van der Waals surface area contributed by atoms with Crippen molar-refractivity contribution in [3.8, 4) is 5.75 Å². The number of benzene rings is 2. The van der Waals surface area contributed by atoms with Gasteiger partial charge in [0.15, 0.2) is 0 Å². The molecule has 1 saturated heterocycles. The summed E-state index contributed by atoms with van der Waals surface area (Å²) < 4.78 is 32.3. The molecule has 1 atom stereocenters. The molecule has 2 aromatic rings. The van der Waals surface area contributed by atoms with Crippen LogP contribution >= 0.6 is 23.2 Å². The lowest BCUT2D eigenvalue weighted by atomic mass is 10.2. The molecule has 2 aromatic carbocycles. The highest BCUT2D eigenvalue weighted by Gasteiger charge is 2.33. The summed E-state index contributed by atoms with van der Waals surface area (Å²) in [5.74, 6) is 0.449. The van der Waals surface area contributed by atoms with E-state index in [9.17, 15) is 8.42 Å². The lowest BCUT2D eigenvalue weighted by Gasteiger charge is -2.26. The maximum absolute atomic E-state index is 13.1. The van der Waals surface area contributed by atoms with Crippen LogP contribution in [0.4, 0.5) is 11.4 Å². The average molecular weight is 413 g/mol. The number of fused-ring (bicyclic) bond motifs is 2. The van der Waals surface area contributed by atoms with E-state index in [1.54, 1.807) is 18.2 Å². The van der Waals surface area contributed by atoms with Crippen molar-refractivity contribution in [2.45, 2.75) is 35.2 Å². The Labute approximate surface area is 162 Å². The highest BCUT2D eigenvalue weighted by Crippen LogP contribution is 2.46. The van der Waals surface area contributed by atoms with Crippen molar-refractivity contribution < 1.29 is 13.2 Å². The van der Waals surface area contributed by atoms with Crippen LogP contribution in [0.5, 0.6) is 5.75 Å². The molecule has 4 rings (SSSR count). The SMILES string of the molecule is O=S1(=O)c2cc(Cl)ccc2Nc2c(O[C@@H]3CCCCNC3)cc(Cl)cc21. The van der Waals surface area contributed by atoms with Gasteiger partial charge in [-0.15, -0.1) is 0 Å². The van der Waals surface area contributed by atoms with Gasteiger partial charge in [0.2, 0.25) is 9.84 Å². The Bertz CT molecular complexity index is 955. The van der Waals surface area contributed by atoms with Crippen molar-refractivity contribution in [2.75, 3.05) is 18.4 Å². The number of anilines is 2. The van der Waals surface area contributed by atoms with Gasteiger partial charge in [-0.05, 0) is 50.1 Å². The van der Waals surface area contributed by atoms with Crippen molar-refractivity contribution in [3.63, 3.8) is 0 Å². The van der Waals surface area contributed by atoms with E-state index in [1.165, 1.54) is 12.1 Å². The lowest BCUT2D eigenvalue weighted by Crippen LogP contribution is -2.29. The van der Waals surface area contributed by atoms with Gasteiger partial charge in [0.25, 0.3) is 0 Å². The molecule has 5 nitrogen and oxygen atoms in total. The van der Waals surface area contributed by atoms with Gasteiger partial charge >= 0.3 is 0 Å². The van der Waals surface area contributed by atoms with E-state index in [4.69, 9.17) is 27.9 Å². The van der Waals surface area contributed by atoms with E-state index >= 15 is 0 Å². The van der Waals surface area contributed by atoms with E-state index in [1.807, 2.05) is 0 Å². The Balaban J connectivity index is 1.79. The third-order valence-electron chi connectivity index (χ3n) is 4.61. The van der Waals surface area contributed by atoms with Gasteiger partial charge in [-0.3, -0.25) is 0 Å². The topological polar surface area (TPSA) is 67.4 Å². The molecule has 0 aromatic heterocycles. The molecule has 2 aliphatic heterocycles. The summed E-state index contributed by atoms with van der Waals surface area (Å²) in [6.45, 7) is 1.69. The zero-order chi connectivity index (χ0) is 18.3. The minimum atomic E-state index is -3.74. The first-order valence-corrected chi connectivity index (χ1v) is 10.7. The molecule has 0 radical (unpaired) electrons. The summed E-state index contributed by atoms with van der Waals surface area (Å²) in [6, 6.07) is 7.86. The fraction of sp³-hybridized carbons (Fsp3) is 0.333. The van der Waals surface area contributed by atoms with Crippen molar-refractivity contribution >= 4 is 44.4 Å². The summed E-state index contributed by atoms with van der Waals surface area (Å²) in [5.41, 5.74) is 0.904. The highest BCUT2D eigenvalue weighted by molar-refractivity contribution is 7.92. The summed E-state index contributed by atoms with van der Waals surface area (Å²) in [7, 11) is -3.74. The van der Waals surface area contributed by atoms with E-state index in [2.05, 4.69) is 10.6 Å². The Kier molecular flexibility index (Phi) is 4.77. The Morgan fingerprint density at radius 3 is 2.69 bits per heavy atom. The van der Waals surface area contributed by atoms with Crippen molar-refractivity contribution in [2.24, 2.45) is 0 Å². The summed E-state index contributed by atoms with van der Waals surface area (Å²) >= 11 is 12.2. The van der Waals surface area contributed by atoms with Crippen molar-refractivity contribution in [1.82, 2.24) is 5.32 Å². The van der Waals surface area contributed by atoms with E-state index < -0.39 is 9.84 Å². The van der Waals surface area contributed by atoms with Crippen LogP contribution < -0.4 is 15.4 Å². The van der Waals surface area contributed by atoms with Crippen LogP contribution in [0.2, 0.25) is 10.0 Å². The number of rotatable bonds is 2. The first-order valence-electron chi connectivity index (χ1n) is 8.48. The maximum atomic E-state index is 13.1. The molecule has 0 spiro atoms. The molecular formula is C18H18Cl2N2O3S. The van der Waals surface area contributed by atoms with E-state index in [0.29, 0.717) is 27.2 Å². The third-order valence-corrected chi connectivity index (χ3v) is 6.88. The van der Waals surface area contributed by atoms with Gasteiger partial charge in [-0.25, -0.2) is 8.42 Å². The number of hydrogen-bond donors (Lipinski definition) is 2. The third kappa shape index (κ3) is 3.27. The van der Waals surface area contributed by atoms with Gasteiger partial charge in [-0.2, -0.15) is 0 Å². The maximum Gasteiger partial charge on any atom is 0.210 e. The minimum absolute atomic E-state index is 0.0313. The molecule has 2 N–H and O–H groups in total. The van der Waals surface area contributed by atoms with Crippen LogP contribution in [-0.4, -0.2) is 27.6 Å². The Morgan fingerprint density at radius 2 is 1.85 bits per heavy atom. The largest absolute Gasteiger partial charge is 0.487 e. The minimum Gasteiger partial charge on any atom is -0.487 e. The van der Waals surface area contributed by atoms with Crippen LogP contribution in [-0.2, 0) is 9.84 Å². The fourth-order valence-electron chi connectivity index (χ4n) is 3.33. The lowest BCUT2D eigenvalue weighted by molar-refractivity contribution is 0.195. The van der Waals surface area contributed by atoms with Gasteiger partial charge < -0.3 is 15.4 Å². The number of sulfone groups is 1. The zero-order valence-electron chi connectivity index (χ0n) is 13.9. The highest BCUT2D eigenvalue weighted by atomic mass is 35.5. The fourth-order valence-corrected chi connectivity index (χ4v) is 5.47.